The lowest BCUT2D eigenvalue weighted by Crippen LogP contribution is -2.25. The van der Waals surface area contributed by atoms with E-state index in [0.717, 1.165) is 6.04 Å². The minimum absolute atomic E-state index is 0.197. The van der Waals surface area contributed by atoms with Gasteiger partial charge in [-0.15, -0.1) is 0 Å². The second-order valence-corrected chi connectivity index (χ2v) is 4.64. The smallest absolute Gasteiger partial charge is 0.162 e. The maximum atomic E-state index is 8.39. The molecule has 0 aliphatic rings. The molecule has 0 atom stereocenters. The fraction of sp³-hybridized carbons (Fsp3) is 0.857. The molecule has 0 unspecified atom stereocenters. The summed E-state index contributed by atoms with van der Waals surface area (Å²) in [5.41, 5.74) is -0.197. The molecule has 58 valence electrons. The average molecular weight is 157 g/mol. The molecular formula is C7H15NOSi. The molecule has 0 amide bonds. The molecule has 0 bridgehead atoms. The van der Waals surface area contributed by atoms with Crippen LogP contribution < -0.4 is 0 Å². The second kappa shape index (κ2) is 4.48. The molecule has 0 aliphatic heterocycles. The Balaban J connectivity index is 3.55. The van der Waals surface area contributed by atoms with E-state index in [2.05, 4.69) is 13.0 Å². The zero-order chi connectivity index (χ0) is 8.04. The van der Waals surface area contributed by atoms with Crippen LogP contribution in [-0.4, -0.2) is 15.4 Å². The Labute approximate surface area is 65.1 Å². The minimum Gasteiger partial charge on any atom is -0.418 e. The van der Waals surface area contributed by atoms with Gasteiger partial charge in [-0.1, -0.05) is 6.92 Å². The van der Waals surface area contributed by atoms with E-state index in [1.165, 1.54) is 0 Å². The zero-order valence-electron chi connectivity index (χ0n) is 6.98. The van der Waals surface area contributed by atoms with Crippen LogP contribution in [0.1, 0.15) is 27.2 Å². The Hall–Kier alpha value is -0.333. The van der Waals surface area contributed by atoms with Crippen molar-refractivity contribution in [2.24, 2.45) is 0 Å². The quantitative estimate of drug-likeness (QED) is 0.575. The van der Waals surface area contributed by atoms with Gasteiger partial charge in [-0.2, -0.15) is 5.26 Å². The van der Waals surface area contributed by atoms with E-state index < -0.39 is 0 Å². The highest BCUT2D eigenvalue weighted by Gasteiger charge is 2.15. The predicted octanol–water partition coefficient (Wildman–Crippen LogP) is 1.22. The van der Waals surface area contributed by atoms with Crippen LogP contribution in [0.2, 0.25) is 6.04 Å². The molecule has 0 saturated heterocycles. The molecule has 0 aromatic rings. The Kier molecular flexibility index (Phi) is 4.33. The summed E-state index contributed by atoms with van der Waals surface area (Å²) < 4.78 is 5.54. The molecule has 0 aromatic heterocycles. The first-order valence-electron chi connectivity index (χ1n) is 3.63. The van der Waals surface area contributed by atoms with Crippen LogP contribution in [0.4, 0.5) is 0 Å². The van der Waals surface area contributed by atoms with Gasteiger partial charge in [0.15, 0.2) is 9.76 Å². The van der Waals surface area contributed by atoms with Gasteiger partial charge in [-0.3, -0.25) is 0 Å². The number of nitriles is 1. The van der Waals surface area contributed by atoms with Crippen LogP contribution in [-0.2, 0) is 4.43 Å². The van der Waals surface area contributed by atoms with Crippen LogP contribution in [0.25, 0.3) is 0 Å². The van der Waals surface area contributed by atoms with Crippen LogP contribution in [0, 0.1) is 11.3 Å². The monoisotopic (exact) mass is 157 g/mol. The first-order valence-corrected chi connectivity index (χ1v) is 5.21. The third-order valence-electron chi connectivity index (χ3n) is 1.20. The SMILES string of the molecule is CC[SiH2]OC(C)(C)CC#N. The Morgan fingerprint density at radius 2 is 2.20 bits per heavy atom. The van der Waals surface area contributed by atoms with E-state index in [4.69, 9.17) is 9.69 Å². The van der Waals surface area contributed by atoms with Gasteiger partial charge in [0.1, 0.15) is 0 Å². The lowest BCUT2D eigenvalue weighted by molar-refractivity contribution is 0.121. The van der Waals surface area contributed by atoms with Crippen molar-refractivity contribution in [3.63, 3.8) is 0 Å². The van der Waals surface area contributed by atoms with Crippen molar-refractivity contribution in [2.45, 2.75) is 38.8 Å². The van der Waals surface area contributed by atoms with Crippen molar-refractivity contribution in [3.05, 3.63) is 0 Å². The van der Waals surface area contributed by atoms with Crippen molar-refractivity contribution in [3.8, 4) is 6.07 Å². The van der Waals surface area contributed by atoms with Crippen molar-refractivity contribution in [2.75, 3.05) is 0 Å². The number of hydrogen-bond donors (Lipinski definition) is 0. The summed E-state index contributed by atoms with van der Waals surface area (Å²) in [7, 11) is -0.354. The van der Waals surface area contributed by atoms with E-state index in [0.29, 0.717) is 6.42 Å². The van der Waals surface area contributed by atoms with Crippen LogP contribution in [0.5, 0.6) is 0 Å². The molecule has 0 radical (unpaired) electrons. The minimum atomic E-state index is -0.354. The molecule has 0 saturated carbocycles. The lowest BCUT2D eigenvalue weighted by Gasteiger charge is -2.21. The van der Waals surface area contributed by atoms with Gasteiger partial charge in [-0.05, 0) is 19.9 Å². The fourth-order valence-electron chi connectivity index (χ4n) is 0.620. The van der Waals surface area contributed by atoms with Gasteiger partial charge >= 0.3 is 0 Å². The highest BCUT2D eigenvalue weighted by atomic mass is 28.2. The van der Waals surface area contributed by atoms with Crippen molar-refractivity contribution in [1.82, 2.24) is 0 Å². The number of nitrogens with zero attached hydrogens (tertiary/aromatic N) is 1. The van der Waals surface area contributed by atoms with Gasteiger partial charge in [0, 0.05) is 0 Å². The van der Waals surface area contributed by atoms with Crippen molar-refractivity contribution < 1.29 is 4.43 Å². The summed E-state index contributed by atoms with van der Waals surface area (Å²) in [6.07, 6.45) is 0.500. The molecule has 0 aliphatic carbocycles. The van der Waals surface area contributed by atoms with Gasteiger partial charge in [0.2, 0.25) is 0 Å². The van der Waals surface area contributed by atoms with Crippen LogP contribution in [0.15, 0.2) is 0 Å². The highest BCUT2D eigenvalue weighted by Crippen LogP contribution is 2.12. The van der Waals surface area contributed by atoms with E-state index in [1.54, 1.807) is 0 Å². The average Bonchev–Trinajstić information content (AvgIpc) is 1.84. The van der Waals surface area contributed by atoms with E-state index in [9.17, 15) is 0 Å². The first kappa shape index (κ1) is 9.67. The zero-order valence-corrected chi connectivity index (χ0v) is 8.39. The topological polar surface area (TPSA) is 33.0 Å². The molecule has 10 heavy (non-hydrogen) atoms. The van der Waals surface area contributed by atoms with Gasteiger partial charge in [-0.25, -0.2) is 0 Å². The first-order chi connectivity index (χ1) is 4.62. The van der Waals surface area contributed by atoms with E-state index >= 15 is 0 Å². The molecule has 0 rings (SSSR count). The normalized spacial score (nSPS) is 12.2. The molecule has 2 nitrogen and oxygen atoms in total. The standard InChI is InChI=1S/C7H15NOSi/c1-4-10-9-7(2,3)5-6-8/h4-5,10H2,1-3H3. The predicted molar refractivity (Wildman–Crippen MR) is 44.4 cm³/mol. The molecule has 0 N–H and O–H groups in total. The fourth-order valence-corrected chi connectivity index (χ4v) is 1.48. The van der Waals surface area contributed by atoms with E-state index in [1.807, 2.05) is 13.8 Å². The largest absolute Gasteiger partial charge is 0.418 e. The summed E-state index contributed by atoms with van der Waals surface area (Å²) in [5.74, 6) is 0. The number of rotatable bonds is 4. The van der Waals surface area contributed by atoms with Crippen LogP contribution in [0.3, 0.4) is 0 Å². The van der Waals surface area contributed by atoms with Crippen molar-refractivity contribution in [1.29, 1.82) is 5.26 Å². The summed E-state index contributed by atoms with van der Waals surface area (Å²) in [5, 5.41) is 8.39. The maximum absolute atomic E-state index is 8.39. The third-order valence-corrected chi connectivity index (χ3v) is 2.60. The highest BCUT2D eigenvalue weighted by molar-refractivity contribution is 6.27. The maximum Gasteiger partial charge on any atom is 0.162 e. The summed E-state index contributed by atoms with van der Waals surface area (Å²) in [6.45, 7) is 6.06. The Bertz CT molecular complexity index is 128. The van der Waals surface area contributed by atoms with Gasteiger partial charge < -0.3 is 4.43 Å². The summed E-state index contributed by atoms with van der Waals surface area (Å²) in [4.78, 5) is 0. The Morgan fingerprint density at radius 1 is 1.60 bits per heavy atom. The number of hydrogen-bond acceptors (Lipinski definition) is 2. The molecule has 0 fully saturated rings. The van der Waals surface area contributed by atoms with Gasteiger partial charge in [0.25, 0.3) is 0 Å². The molecular weight excluding hydrogens is 142 g/mol. The third kappa shape index (κ3) is 4.54. The van der Waals surface area contributed by atoms with E-state index in [-0.39, 0.29) is 15.4 Å². The summed E-state index contributed by atoms with van der Waals surface area (Å²) in [6, 6.07) is 3.26. The molecule has 0 heterocycles. The van der Waals surface area contributed by atoms with Crippen LogP contribution >= 0.6 is 0 Å². The van der Waals surface area contributed by atoms with Crippen molar-refractivity contribution >= 4 is 9.76 Å². The lowest BCUT2D eigenvalue weighted by atomic mass is 10.1. The molecule has 3 heteroatoms. The molecule has 0 aromatic carbocycles. The Morgan fingerprint density at radius 3 is 2.60 bits per heavy atom. The summed E-state index contributed by atoms with van der Waals surface area (Å²) >= 11 is 0. The van der Waals surface area contributed by atoms with Gasteiger partial charge in [0.05, 0.1) is 18.1 Å². The molecule has 0 spiro atoms. The second-order valence-electron chi connectivity index (χ2n) is 2.94.